The van der Waals surface area contributed by atoms with Crippen LogP contribution >= 0.6 is 0 Å². The maximum absolute atomic E-state index is 13.0. The van der Waals surface area contributed by atoms with Crippen LogP contribution in [0.1, 0.15) is 37.0 Å². The van der Waals surface area contributed by atoms with E-state index >= 15 is 0 Å². The molecule has 6 heteroatoms. The topological polar surface area (TPSA) is 66.9 Å². The molecule has 0 spiro atoms. The van der Waals surface area contributed by atoms with E-state index in [1.807, 2.05) is 0 Å². The minimum Gasteiger partial charge on any atom is -0.490 e. The number of carbonyl (C=O) groups excluding carboxylic acids is 3. The molecule has 0 unspecified atom stereocenters. The molecule has 2 aliphatic rings. The van der Waals surface area contributed by atoms with Gasteiger partial charge < -0.3 is 14.5 Å². The van der Waals surface area contributed by atoms with Crippen LogP contribution in [0, 0.1) is 5.92 Å². The standard InChI is InChI=1S/C18H22N2O4/c1-12(21)15-3-4-17-16(11-15)20(9-10-24-17)18(23)14-5-7-19(8-6-14)13(2)22/h3-4,11,14H,5-10H2,1-2H3. The Labute approximate surface area is 141 Å². The molecule has 2 amide bonds. The number of hydrogen-bond donors (Lipinski definition) is 0. The van der Waals surface area contributed by atoms with Crippen molar-refractivity contribution in [2.75, 3.05) is 31.1 Å². The smallest absolute Gasteiger partial charge is 0.230 e. The quantitative estimate of drug-likeness (QED) is 0.777. The Morgan fingerprint density at radius 3 is 2.42 bits per heavy atom. The molecule has 0 bridgehead atoms. The van der Waals surface area contributed by atoms with Gasteiger partial charge in [0.2, 0.25) is 11.8 Å². The highest BCUT2D eigenvalue weighted by Crippen LogP contribution is 2.34. The molecule has 0 saturated carbocycles. The summed E-state index contributed by atoms with van der Waals surface area (Å²) in [4.78, 5) is 39.5. The van der Waals surface area contributed by atoms with Gasteiger partial charge in [-0.1, -0.05) is 0 Å². The Morgan fingerprint density at radius 2 is 1.79 bits per heavy atom. The Kier molecular flexibility index (Phi) is 4.55. The number of piperidine rings is 1. The van der Waals surface area contributed by atoms with Crippen molar-refractivity contribution >= 4 is 23.3 Å². The van der Waals surface area contributed by atoms with Gasteiger partial charge in [-0.2, -0.15) is 0 Å². The number of Topliss-reactive ketones (excluding diaryl/α,β-unsaturated/α-hetero) is 1. The van der Waals surface area contributed by atoms with Crippen molar-refractivity contribution in [3.8, 4) is 5.75 Å². The van der Waals surface area contributed by atoms with Crippen LogP contribution in [-0.4, -0.2) is 48.7 Å². The van der Waals surface area contributed by atoms with E-state index in [-0.39, 0.29) is 23.5 Å². The summed E-state index contributed by atoms with van der Waals surface area (Å²) >= 11 is 0. The van der Waals surface area contributed by atoms with Gasteiger partial charge in [0, 0.05) is 31.5 Å². The van der Waals surface area contributed by atoms with Crippen LogP contribution in [0.5, 0.6) is 5.75 Å². The molecule has 2 aliphatic heterocycles. The highest BCUT2D eigenvalue weighted by Gasteiger charge is 2.32. The van der Waals surface area contributed by atoms with E-state index < -0.39 is 0 Å². The minimum atomic E-state index is -0.0902. The lowest BCUT2D eigenvalue weighted by molar-refractivity contribution is -0.133. The third-order valence-electron chi connectivity index (χ3n) is 4.78. The molecule has 128 valence electrons. The van der Waals surface area contributed by atoms with Crippen LogP contribution in [0.3, 0.4) is 0 Å². The second-order valence-corrected chi connectivity index (χ2v) is 6.36. The van der Waals surface area contributed by atoms with Crippen molar-refractivity contribution in [3.63, 3.8) is 0 Å². The molecule has 0 N–H and O–H groups in total. The summed E-state index contributed by atoms with van der Waals surface area (Å²) in [7, 11) is 0. The molecule has 1 saturated heterocycles. The maximum Gasteiger partial charge on any atom is 0.230 e. The molecule has 0 atom stereocenters. The van der Waals surface area contributed by atoms with Crippen molar-refractivity contribution in [1.82, 2.24) is 4.90 Å². The number of amides is 2. The van der Waals surface area contributed by atoms with Crippen molar-refractivity contribution in [2.24, 2.45) is 5.92 Å². The van der Waals surface area contributed by atoms with Crippen molar-refractivity contribution in [1.29, 1.82) is 0 Å². The molecule has 1 fully saturated rings. The predicted molar refractivity (Wildman–Crippen MR) is 89.3 cm³/mol. The highest BCUT2D eigenvalue weighted by molar-refractivity contribution is 6.00. The summed E-state index contributed by atoms with van der Waals surface area (Å²) in [6.45, 7) is 5.25. The second kappa shape index (κ2) is 6.63. The van der Waals surface area contributed by atoms with E-state index in [1.165, 1.54) is 6.92 Å². The summed E-state index contributed by atoms with van der Waals surface area (Å²) in [6.07, 6.45) is 1.36. The number of nitrogens with zero attached hydrogens (tertiary/aromatic N) is 2. The van der Waals surface area contributed by atoms with Gasteiger partial charge in [-0.05, 0) is 38.0 Å². The van der Waals surface area contributed by atoms with Gasteiger partial charge in [0.1, 0.15) is 12.4 Å². The monoisotopic (exact) mass is 330 g/mol. The summed E-state index contributed by atoms with van der Waals surface area (Å²) in [5.74, 6) is 0.631. The number of anilines is 1. The van der Waals surface area contributed by atoms with Crippen molar-refractivity contribution < 1.29 is 19.1 Å². The van der Waals surface area contributed by atoms with Gasteiger partial charge in [0.05, 0.1) is 12.2 Å². The molecule has 3 rings (SSSR count). The molecule has 1 aromatic carbocycles. The van der Waals surface area contributed by atoms with Gasteiger partial charge in [-0.25, -0.2) is 0 Å². The average molecular weight is 330 g/mol. The van der Waals surface area contributed by atoms with Crippen LogP contribution in [-0.2, 0) is 9.59 Å². The zero-order chi connectivity index (χ0) is 17.3. The first-order valence-corrected chi connectivity index (χ1v) is 8.32. The summed E-state index contributed by atoms with van der Waals surface area (Å²) in [5, 5.41) is 0. The Bertz CT molecular complexity index is 678. The van der Waals surface area contributed by atoms with Crippen molar-refractivity contribution in [2.45, 2.75) is 26.7 Å². The molecule has 24 heavy (non-hydrogen) atoms. The number of benzene rings is 1. The first-order chi connectivity index (χ1) is 11.5. The SMILES string of the molecule is CC(=O)c1ccc2c(c1)N(C(=O)C1CCN(C(C)=O)CC1)CCO2. The van der Waals surface area contributed by atoms with E-state index in [0.717, 1.165) is 0 Å². The Morgan fingerprint density at radius 1 is 1.08 bits per heavy atom. The van der Waals surface area contributed by atoms with Gasteiger partial charge in [0.15, 0.2) is 5.78 Å². The van der Waals surface area contributed by atoms with E-state index in [2.05, 4.69) is 0 Å². The highest BCUT2D eigenvalue weighted by atomic mass is 16.5. The van der Waals surface area contributed by atoms with E-state index in [4.69, 9.17) is 4.74 Å². The third-order valence-corrected chi connectivity index (χ3v) is 4.78. The predicted octanol–water partition coefficient (Wildman–Crippen LogP) is 1.87. The number of ether oxygens (including phenoxy) is 1. The van der Waals surface area contributed by atoms with Crippen LogP contribution in [0.25, 0.3) is 0 Å². The second-order valence-electron chi connectivity index (χ2n) is 6.36. The zero-order valence-corrected chi connectivity index (χ0v) is 14.1. The normalized spacial score (nSPS) is 17.9. The first-order valence-electron chi connectivity index (χ1n) is 8.32. The molecule has 0 aromatic heterocycles. The number of hydrogen-bond acceptors (Lipinski definition) is 4. The lowest BCUT2D eigenvalue weighted by Crippen LogP contribution is -2.46. The van der Waals surface area contributed by atoms with E-state index in [1.54, 1.807) is 34.9 Å². The van der Waals surface area contributed by atoms with Crippen molar-refractivity contribution in [3.05, 3.63) is 23.8 Å². The summed E-state index contributed by atoms with van der Waals surface area (Å²) in [6, 6.07) is 5.21. The number of carbonyl (C=O) groups is 3. The molecule has 6 nitrogen and oxygen atoms in total. The Balaban J connectivity index is 1.79. The van der Waals surface area contributed by atoms with Gasteiger partial charge in [-0.15, -0.1) is 0 Å². The largest absolute Gasteiger partial charge is 0.490 e. The molecule has 2 heterocycles. The minimum absolute atomic E-state index is 0.0365. The molecule has 0 aliphatic carbocycles. The van der Waals surface area contributed by atoms with Crippen LogP contribution in [0.15, 0.2) is 18.2 Å². The summed E-state index contributed by atoms with van der Waals surface area (Å²) < 4.78 is 5.62. The number of fused-ring (bicyclic) bond motifs is 1. The molecule has 0 radical (unpaired) electrons. The summed E-state index contributed by atoms with van der Waals surface area (Å²) in [5.41, 5.74) is 1.25. The average Bonchev–Trinajstić information content (AvgIpc) is 2.60. The Hall–Kier alpha value is -2.37. The van der Waals surface area contributed by atoms with E-state index in [0.29, 0.717) is 56.1 Å². The lowest BCUT2D eigenvalue weighted by Gasteiger charge is -2.36. The molecular formula is C18H22N2O4. The number of ketones is 1. The zero-order valence-electron chi connectivity index (χ0n) is 14.1. The lowest BCUT2D eigenvalue weighted by atomic mass is 9.94. The van der Waals surface area contributed by atoms with E-state index in [9.17, 15) is 14.4 Å². The fourth-order valence-electron chi connectivity index (χ4n) is 3.33. The number of likely N-dealkylation sites (tertiary alicyclic amines) is 1. The van der Waals surface area contributed by atoms with Gasteiger partial charge >= 0.3 is 0 Å². The first kappa shape index (κ1) is 16.5. The van der Waals surface area contributed by atoms with Crippen LogP contribution in [0.4, 0.5) is 5.69 Å². The fraction of sp³-hybridized carbons (Fsp3) is 0.500. The van der Waals surface area contributed by atoms with Gasteiger partial charge in [-0.3, -0.25) is 14.4 Å². The van der Waals surface area contributed by atoms with Crippen LogP contribution < -0.4 is 9.64 Å². The third kappa shape index (κ3) is 3.13. The molecule has 1 aromatic rings. The van der Waals surface area contributed by atoms with Crippen LogP contribution in [0.2, 0.25) is 0 Å². The maximum atomic E-state index is 13.0. The fourth-order valence-corrected chi connectivity index (χ4v) is 3.33. The molecular weight excluding hydrogens is 308 g/mol. The van der Waals surface area contributed by atoms with Gasteiger partial charge in [0.25, 0.3) is 0 Å². The number of rotatable bonds is 2.